The van der Waals surface area contributed by atoms with E-state index in [1.54, 1.807) is 24.3 Å². The highest BCUT2D eigenvalue weighted by molar-refractivity contribution is 7.13. The van der Waals surface area contributed by atoms with E-state index in [0.29, 0.717) is 23.4 Å². The van der Waals surface area contributed by atoms with Gasteiger partial charge in [0.05, 0.1) is 17.9 Å². The van der Waals surface area contributed by atoms with Gasteiger partial charge in [-0.05, 0) is 24.6 Å². The first-order valence-electron chi connectivity index (χ1n) is 8.39. The lowest BCUT2D eigenvalue weighted by Crippen LogP contribution is -2.07. The summed E-state index contributed by atoms with van der Waals surface area (Å²) in [5.41, 5.74) is 2.33. The minimum Gasteiger partial charge on any atom is -0.462 e. The first-order valence-corrected chi connectivity index (χ1v) is 9.21. The van der Waals surface area contributed by atoms with Crippen molar-refractivity contribution in [2.24, 2.45) is 0 Å². The van der Waals surface area contributed by atoms with Crippen LogP contribution >= 0.6 is 11.3 Å². The van der Waals surface area contributed by atoms with Crippen molar-refractivity contribution in [1.29, 1.82) is 0 Å². The first-order chi connectivity index (χ1) is 12.6. The Morgan fingerprint density at radius 2 is 1.65 bits per heavy atom. The summed E-state index contributed by atoms with van der Waals surface area (Å²) in [6.45, 7) is 2.15. The summed E-state index contributed by atoms with van der Waals surface area (Å²) in [4.78, 5) is 29.7. The number of aromatic nitrogens is 1. The maximum absolute atomic E-state index is 12.4. The molecule has 0 saturated carbocycles. The number of carbonyl (C=O) groups excluding carboxylic acids is 2. The van der Waals surface area contributed by atoms with E-state index in [2.05, 4.69) is 4.98 Å². The van der Waals surface area contributed by atoms with Crippen molar-refractivity contribution in [3.05, 3.63) is 87.4 Å². The number of benzene rings is 2. The molecule has 0 fully saturated rings. The fourth-order valence-electron chi connectivity index (χ4n) is 2.53. The SMILES string of the molecule is Cc1nc(C(=O)Cc2ccccc2)sc1CCOC(=O)c1ccccc1. The number of ketones is 1. The van der Waals surface area contributed by atoms with Gasteiger partial charge < -0.3 is 4.74 Å². The van der Waals surface area contributed by atoms with Crippen molar-refractivity contribution < 1.29 is 14.3 Å². The summed E-state index contributed by atoms with van der Waals surface area (Å²) >= 11 is 1.38. The van der Waals surface area contributed by atoms with Crippen molar-refractivity contribution in [2.75, 3.05) is 6.61 Å². The van der Waals surface area contributed by atoms with Gasteiger partial charge in [0.25, 0.3) is 0 Å². The quantitative estimate of drug-likeness (QED) is 0.463. The smallest absolute Gasteiger partial charge is 0.338 e. The Morgan fingerprint density at radius 3 is 2.35 bits per heavy atom. The molecule has 0 amide bonds. The van der Waals surface area contributed by atoms with Gasteiger partial charge in [-0.15, -0.1) is 11.3 Å². The molecule has 132 valence electrons. The molecule has 2 aromatic carbocycles. The second-order valence-corrected chi connectivity index (χ2v) is 6.95. The van der Waals surface area contributed by atoms with Crippen molar-refractivity contribution in [1.82, 2.24) is 4.98 Å². The highest BCUT2D eigenvalue weighted by Crippen LogP contribution is 2.20. The van der Waals surface area contributed by atoms with Crippen LogP contribution in [0.3, 0.4) is 0 Å². The lowest BCUT2D eigenvalue weighted by Gasteiger charge is -2.03. The third kappa shape index (κ3) is 4.64. The molecule has 26 heavy (non-hydrogen) atoms. The van der Waals surface area contributed by atoms with Crippen LogP contribution < -0.4 is 0 Å². The standard InChI is InChI=1S/C21H19NO3S/c1-15-19(12-13-25-21(24)17-10-6-3-7-11-17)26-20(22-15)18(23)14-16-8-4-2-5-9-16/h2-11H,12-14H2,1H3. The van der Waals surface area contributed by atoms with E-state index in [4.69, 9.17) is 4.74 Å². The topological polar surface area (TPSA) is 56.3 Å². The van der Waals surface area contributed by atoms with Crippen LogP contribution in [-0.4, -0.2) is 23.3 Å². The van der Waals surface area contributed by atoms with Gasteiger partial charge in [-0.1, -0.05) is 48.5 Å². The molecule has 0 atom stereocenters. The molecular weight excluding hydrogens is 346 g/mol. The number of nitrogens with zero attached hydrogens (tertiary/aromatic N) is 1. The molecule has 1 aromatic heterocycles. The molecule has 5 heteroatoms. The van der Waals surface area contributed by atoms with E-state index in [-0.39, 0.29) is 18.4 Å². The van der Waals surface area contributed by atoms with E-state index in [9.17, 15) is 9.59 Å². The van der Waals surface area contributed by atoms with Gasteiger partial charge in [0.1, 0.15) is 0 Å². The predicted octanol–water partition coefficient (Wildman–Crippen LogP) is 4.28. The Hall–Kier alpha value is -2.79. The van der Waals surface area contributed by atoms with Crippen molar-refractivity contribution in [3.8, 4) is 0 Å². The monoisotopic (exact) mass is 365 g/mol. The molecule has 4 nitrogen and oxygen atoms in total. The number of esters is 1. The maximum Gasteiger partial charge on any atom is 0.338 e. The molecule has 0 spiro atoms. The van der Waals surface area contributed by atoms with Crippen molar-refractivity contribution in [3.63, 3.8) is 0 Å². The highest BCUT2D eigenvalue weighted by atomic mass is 32.1. The Balaban J connectivity index is 1.56. The van der Waals surface area contributed by atoms with Crippen LogP contribution in [0.25, 0.3) is 0 Å². The number of ether oxygens (including phenoxy) is 1. The third-order valence-corrected chi connectivity index (χ3v) is 5.17. The van der Waals surface area contributed by atoms with E-state index >= 15 is 0 Å². The highest BCUT2D eigenvalue weighted by Gasteiger charge is 2.15. The summed E-state index contributed by atoms with van der Waals surface area (Å²) in [6.07, 6.45) is 0.900. The Bertz CT molecular complexity index is 888. The lowest BCUT2D eigenvalue weighted by molar-refractivity contribution is 0.0509. The number of aryl methyl sites for hydroxylation is 1. The van der Waals surface area contributed by atoms with Crippen LogP contribution in [0.2, 0.25) is 0 Å². The number of rotatable bonds is 7. The van der Waals surface area contributed by atoms with Crippen LogP contribution in [0.4, 0.5) is 0 Å². The minimum atomic E-state index is -0.340. The second kappa shape index (κ2) is 8.54. The van der Waals surface area contributed by atoms with Crippen LogP contribution in [-0.2, 0) is 17.6 Å². The molecule has 1 heterocycles. The van der Waals surface area contributed by atoms with Gasteiger partial charge >= 0.3 is 5.97 Å². The molecule has 0 aliphatic carbocycles. The minimum absolute atomic E-state index is 0.0110. The molecule has 0 bridgehead atoms. The van der Waals surface area contributed by atoms with Gasteiger partial charge in [0, 0.05) is 17.7 Å². The summed E-state index contributed by atoms with van der Waals surface area (Å²) < 4.78 is 5.31. The lowest BCUT2D eigenvalue weighted by atomic mass is 10.1. The van der Waals surface area contributed by atoms with Gasteiger partial charge in [-0.3, -0.25) is 4.79 Å². The van der Waals surface area contributed by atoms with Crippen LogP contribution in [0, 0.1) is 6.92 Å². The largest absolute Gasteiger partial charge is 0.462 e. The molecule has 0 saturated heterocycles. The van der Waals surface area contributed by atoms with E-state index in [1.165, 1.54) is 11.3 Å². The van der Waals surface area contributed by atoms with Crippen molar-refractivity contribution in [2.45, 2.75) is 19.8 Å². The Morgan fingerprint density at radius 1 is 1.00 bits per heavy atom. The summed E-state index contributed by atoms with van der Waals surface area (Å²) in [7, 11) is 0. The molecule has 3 aromatic rings. The van der Waals surface area contributed by atoms with E-state index in [1.807, 2.05) is 43.3 Å². The van der Waals surface area contributed by atoms with Crippen LogP contribution in [0.5, 0.6) is 0 Å². The normalized spacial score (nSPS) is 10.5. The fraction of sp³-hybridized carbons (Fsp3) is 0.190. The molecule has 0 aliphatic heterocycles. The number of Topliss-reactive ketones (excluding diaryl/α,β-unsaturated/α-hetero) is 1. The van der Waals surface area contributed by atoms with Crippen molar-refractivity contribution >= 4 is 23.1 Å². The van der Waals surface area contributed by atoms with Crippen LogP contribution in [0.15, 0.2) is 60.7 Å². The maximum atomic E-state index is 12.4. The van der Waals surface area contributed by atoms with E-state index in [0.717, 1.165) is 16.1 Å². The molecule has 0 aliphatic rings. The third-order valence-electron chi connectivity index (χ3n) is 3.91. The van der Waals surface area contributed by atoms with Gasteiger partial charge in [0.2, 0.25) is 0 Å². The summed E-state index contributed by atoms with van der Waals surface area (Å²) in [5, 5.41) is 0.510. The zero-order valence-corrected chi connectivity index (χ0v) is 15.3. The van der Waals surface area contributed by atoms with E-state index < -0.39 is 0 Å². The zero-order chi connectivity index (χ0) is 18.4. The summed E-state index contributed by atoms with van der Waals surface area (Å²) in [5.74, 6) is -0.329. The Kier molecular flexibility index (Phi) is 5.92. The van der Waals surface area contributed by atoms with Gasteiger partial charge in [0.15, 0.2) is 10.8 Å². The summed E-state index contributed by atoms with van der Waals surface area (Å²) in [6, 6.07) is 18.5. The van der Waals surface area contributed by atoms with Crippen LogP contribution in [0.1, 0.15) is 36.3 Å². The number of thiazole rings is 1. The average Bonchev–Trinajstić information content (AvgIpc) is 3.04. The first kappa shape index (κ1) is 18.0. The molecule has 0 unspecified atom stereocenters. The number of carbonyl (C=O) groups is 2. The zero-order valence-electron chi connectivity index (χ0n) is 14.5. The average molecular weight is 365 g/mol. The Labute approximate surface area is 156 Å². The molecule has 0 radical (unpaired) electrons. The molecule has 0 N–H and O–H groups in total. The molecular formula is C21H19NO3S. The second-order valence-electron chi connectivity index (χ2n) is 5.87. The number of hydrogen-bond acceptors (Lipinski definition) is 5. The van der Waals surface area contributed by atoms with Gasteiger partial charge in [-0.25, -0.2) is 9.78 Å². The van der Waals surface area contributed by atoms with Gasteiger partial charge in [-0.2, -0.15) is 0 Å². The predicted molar refractivity (Wildman–Crippen MR) is 102 cm³/mol. The fourth-order valence-corrected chi connectivity index (χ4v) is 3.51. The number of hydrogen-bond donors (Lipinski definition) is 0. The molecule has 3 rings (SSSR count).